The summed E-state index contributed by atoms with van der Waals surface area (Å²) in [6.45, 7) is 4.85. The predicted molar refractivity (Wildman–Crippen MR) is 74.8 cm³/mol. The van der Waals surface area contributed by atoms with Gasteiger partial charge >= 0.3 is 0 Å². The zero-order valence-electron chi connectivity index (χ0n) is 11.6. The van der Waals surface area contributed by atoms with Gasteiger partial charge in [-0.2, -0.15) is 0 Å². The Kier molecular flexibility index (Phi) is 5.43. The zero-order valence-corrected chi connectivity index (χ0v) is 11.6. The van der Waals surface area contributed by atoms with E-state index in [0.29, 0.717) is 25.2 Å². The summed E-state index contributed by atoms with van der Waals surface area (Å²) in [7, 11) is 0. The van der Waals surface area contributed by atoms with Gasteiger partial charge in [-0.25, -0.2) is 4.39 Å². The van der Waals surface area contributed by atoms with Gasteiger partial charge in [-0.05, 0) is 38.5 Å². The molecule has 2 rings (SSSR count). The van der Waals surface area contributed by atoms with Crippen molar-refractivity contribution < 1.29 is 9.18 Å². The maximum absolute atomic E-state index is 13.1. The summed E-state index contributed by atoms with van der Waals surface area (Å²) in [6, 6.07) is 1.24. The number of hydrogen-bond acceptors (Lipinski definition) is 4. The van der Waals surface area contributed by atoms with Crippen LogP contribution in [0.1, 0.15) is 23.2 Å². The highest BCUT2D eigenvalue weighted by molar-refractivity contribution is 5.93. The van der Waals surface area contributed by atoms with Crippen LogP contribution in [0.5, 0.6) is 0 Å². The minimum Gasteiger partial charge on any atom is -0.337 e. The van der Waals surface area contributed by atoms with E-state index in [2.05, 4.69) is 9.88 Å². The van der Waals surface area contributed by atoms with Crippen molar-refractivity contribution in [2.24, 2.45) is 5.73 Å². The van der Waals surface area contributed by atoms with E-state index in [0.717, 1.165) is 38.7 Å². The van der Waals surface area contributed by atoms with E-state index in [1.165, 1.54) is 12.3 Å². The van der Waals surface area contributed by atoms with Crippen molar-refractivity contribution in [3.63, 3.8) is 0 Å². The molecule has 1 fully saturated rings. The largest absolute Gasteiger partial charge is 0.337 e. The third kappa shape index (κ3) is 3.98. The number of nitrogens with two attached hydrogens (primary N) is 1. The highest BCUT2D eigenvalue weighted by atomic mass is 19.1. The molecule has 0 aliphatic carbocycles. The van der Waals surface area contributed by atoms with Crippen molar-refractivity contribution in [2.75, 3.05) is 39.3 Å². The van der Waals surface area contributed by atoms with Crippen LogP contribution >= 0.6 is 0 Å². The minimum absolute atomic E-state index is 0.141. The third-order valence-corrected chi connectivity index (χ3v) is 3.51. The zero-order chi connectivity index (χ0) is 14.4. The van der Waals surface area contributed by atoms with Crippen molar-refractivity contribution in [3.05, 3.63) is 29.8 Å². The lowest BCUT2D eigenvalue weighted by molar-refractivity contribution is 0.0760. The molecule has 0 atom stereocenters. The summed E-state index contributed by atoms with van der Waals surface area (Å²) >= 11 is 0. The summed E-state index contributed by atoms with van der Waals surface area (Å²) in [4.78, 5) is 20.1. The van der Waals surface area contributed by atoms with Crippen molar-refractivity contribution in [1.82, 2.24) is 14.8 Å². The van der Waals surface area contributed by atoms with Gasteiger partial charge < -0.3 is 15.5 Å². The number of amides is 1. The molecule has 0 spiro atoms. The quantitative estimate of drug-likeness (QED) is 0.882. The lowest BCUT2D eigenvalue weighted by atomic mass is 10.2. The van der Waals surface area contributed by atoms with Crippen LogP contribution in [0, 0.1) is 5.82 Å². The summed E-state index contributed by atoms with van der Waals surface area (Å²) < 4.78 is 13.1. The fraction of sp³-hybridized carbons (Fsp3) is 0.571. The summed E-state index contributed by atoms with van der Waals surface area (Å²) in [5, 5.41) is 0. The Hall–Kier alpha value is -1.53. The topological polar surface area (TPSA) is 62.5 Å². The number of nitrogens with zero attached hydrogens (tertiary/aromatic N) is 3. The number of halogens is 1. The lowest BCUT2D eigenvalue weighted by Crippen LogP contribution is -2.35. The maximum atomic E-state index is 13.1. The van der Waals surface area contributed by atoms with Gasteiger partial charge in [-0.1, -0.05) is 0 Å². The van der Waals surface area contributed by atoms with Crippen LogP contribution in [-0.4, -0.2) is 60.0 Å². The van der Waals surface area contributed by atoms with Crippen LogP contribution in [0.2, 0.25) is 0 Å². The summed E-state index contributed by atoms with van der Waals surface area (Å²) in [5.74, 6) is -0.618. The van der Waals surface area contributed by atoms with Gasteiger partial charge in [0.15, 0.2) is 0 Å². The van der Waals surface area contributed by atoms with Gasteiger partial charge in [-0.3, -0.25) is 9.78 Å². The Labute approximate surface area is 118 Å². The van der Waals surface area contributed by atoms with E-state index in [-0.39, 0.29) is 5.91 Å². The molecule has 20 heavy (non-hydrogen) atoms. The molecule has 6 heteroatoms. The van der Waals surface area contributed by atoms with Gasteiger partial charge in [-0.15, -0.1) is 0 Å². The standard InChI is InChI=1S/C14H21FN4O/c15-13-9-12(10-17-11-13)14(20)19-6-2-5-18(7-8-19)4-1-3-16/h9-11H,1-8,16H2. The monoisotopic (exact) mass is 280 g/mol. The molecule has 2 heterocycles. The predicted octanol–water partition coefficient (Wildman–Crippen LogP) is 0.717. The maximum Gasteiger partial charge on any atom is 0.255 e. The van der Waals surface area contributed by atoms with E-state index < -0.39 is 5.82 Å². The van der Waals surface area contributed by atoms with Crippen LogP contribution < -0.4 is 5.73 Å². The van der Waals surface area contributed by atoms with Gasteiger partial charge in [0.2, 0.25) is 0 Å². The second-order valence-corrected chi connectivity index (χ2v) is 5.02. The highest BCUT2D eigenvalue weighted by Gasteiger charge is 2.20. The average molecular weight is 280 g/mol. The normalized spacial score (nSPS) is 17.0. The van der Waals surface area contributed by atoms with Crippen molar-refractivity contribution in [3.8, 4) is 0 Å². The Bertz CT molecular complexity index is 455. The third-order valence-electron chi connectivity index (χ3n) is 3.51. The molecule has 0 unspecified atom stereocenters. The van der Waals surface area contributed by atoms with Gasteiger partial charge in [0, 0.05) is 25.8 Å². The smallest absolute Gasteiger partial charge is 0.255 e. The van der Waals surface area contributed by atoms with E-state index in [9.17, 15) is 9.18 Å². The molecule has 1 aromatic heterocycles. The number of pyridine rings is 1. The molecule has 1 amide bonds. The second-order valence-electron chi connectivity index (χ2n) is 5.02. The second kappa shape index (κ2) is 7.31. The molecule has 0 radical (unpaired) electrons. The molecule has 5 nitrogen and oxygen atoms in total. The summed E-state index contributed by atoms with van der Waals surface area (Å²) in [5.41, 5.74) is 5.84. The van der Waals surface area contributed by atoms with Gasteiger partial charge in [0.25, 0.3) is 5.91 Å². The van der Waals surface area contributed by atoms with Gasteiger partial charge in [0.1, 0.15) is 5.82 Å². The molecular formula is C14H21FN4O. The van der Waals surface area contributed by atoms with Gasteiger partial charge in [0.05, 0.1) is 11.8 Å². The molecule has 0 bridgehead atoms. The van der Waals surface area contributed by atoms with Crippen LogP contribution in [-0.2, 0) is 0 Å². The highest BCUT2D eigenvalue weighted by Crippen LogP contribution is 2.10. The number of rotatable bonds is 4. The first-order valence-corrected chi connectivity index (χ1v) is 7.03. The number of carbonyl (C=O) groups is 1. The molecule has 1 aliphatic heterocycles. The Balaban J connectivity index is 1.94. The first-order valence-electron chi connectivity index (χ1n) is 7.03. The minimum atomic E-state index is -0.477. The molecule has 110 valence electrons. The average Bonchev–Trinajstić information content (AvgIpc) is 2.70. The Morgan fingerprint density at radius 1 is 1.30 bits per heavy atom. The van der Waals surface area contributed by atoms with E-state index in [1.807, 2.05) is 0 Å². The molecule has 1 aliphatic rings. The Morgan fingerprint density at radius 3 is 2.90 bits per heavy atom. The van der Waals surface area contributed by atoms with Crippen LogP contribution in [0.15, 0.2) is 18.5 Å². The van der Waals surface area contributed by atoms with Crippen molar-refractivity contribution >= 4 is 5.91 Å². The number of carbonyl (C=O) groups excluding carboxylic acids is 1. The van der Waals surface area contributed by atoms with E-state index in [4.69, 9.17) is 5.73 Å². The molecule has 0 saturated carbocycles. The molecule has 0 aromatic carbocycles. The number of aromatic nitrogens is 1. The number of hydrogen-bond donors (Lipinski definition) is 1. The van der Waals surface area contributed by atoms with Crippen LogP contribution in [0.4, 0.5) is 4.39 Å². The lowest BCUT2D eigenvalue weighted by Gasteiger charge is -2.21. The molecule has 1 aromatic rings. The fourth-order valence-electron chi connectivity index (χ4n) is 2.42. The molecular weight excluding hydrogens is 259 g/mol. The van der Waals surface area contributed by atoms with E-state index >= 15 is 0 Å². The first kappa shape index (κ1) is 14.9. The molecule has 1 saturated heterocycles. The molecule has 2 N–H and O–H groups in total. The van der Waals surface area contributed by atoms with E-state index in [1.54, 1.807) is 4.90 Å². The first-order chi connectivity index (χ1) is 9.70. The fourth-order valence-corrected chi connectivity index (χ4v) is 2.42. The Morgan fingerprint density at radius 2 is 2.15 bits per heavy atom. The van der Waals surface area contributed by atoms with Crippen LogP contribution in [0.3, 0.4) is 0 Å². The SMILES string of the molecule is NCCCN1CCCN(C(=O)c2cncc(F)c2)CC1. The van der Waals surface area contributed by atoms with Crippen LogP contribution in [0.25, 0.3) is 0 Å². The van der Waals surface area contributed by atoms with Crippen molar-refractivity contribution in [2.45, 2.75) is 12.8 Å². The summed E-state index contributed by atoms with van der Waals surface area (Å²) in [6.07, 6.45) is 4.43. The van der Waals surface area contributed by atoms with Crippen molar-refractivity contribution in [1.29, 1.82) is 0 Å².